The Labute approximate surface area is 111 Å². The molecule has 0 aromatic rings. The Bertz CT molecular complexity index is 524. The highest BCUT2D eigenvalue weighted by molar-refractivity contribution is 6.25. The Morgan fingerprint density at radius 3 is 2.74 bits per heavy atom. The molecule has 0 aromatic carbocycles. The van der Waals surface area contributed by atoms with Gasteiger partial charge in [-0.25, -0.2) is 9.69 Å². The summed E-state index contributed by atoms with van der Waals surface area (Å²) in [6.45, 7) is 4.73. The Morgan fingerprint density at radius 1 is 1.32 bits per heavy atom. The van der Waals surface area contributed by atoms with Crippen molar-refractivity contribution >= 4 is 23.7 Å². The third kappa shape index (κ3) is 1.50. The predicted molar refractivity (Wildman–Crippen MR) is 69.2 cm³/mol. The highest BCUT2D eigenvalue weighted by atomic mass is 16.2. The highest BCUT2D eigenvalue weighted by Crippen LogP contribution is 2.24. The molecular weight excluding hydrogens is 246 g/mol. The van der Waals surface area contributed by atoms with Gasteiger partial charge in [0.1, 0.15) is 0 Å². The minimum absolute atomic E-state index is 0.185. The zero-order valence-corrected chi connectivity index (χ0v) is 11.5. The van der Waals surface area contributed by atoms with Gasteiger partial charge in [0, 0.05) is 14.1 Å². The molecule has 0 N–H and O–H groups in total. The van der Waals surface area contributed by atoms with E-state index in [4.69, 9.17) is 0 Å². The first kappa shape index (κ1) is 12.1. The number of nitrogens with zero attached hydrogens (tertiary/aromatic N) is 5. The average molecular weight is 264 g/mol. The highest BCUT2D eigenvalue weighted by Gasteiger charge is 2.56. The molecule has 1 atom stereocenters. The fourth-order valence-electron chi connectivity index (χ4n) is 2.88. The first-order valence-electron chi connectivity index (χ1n) is 6.58. The van der Waals surface area contributed by atoms with E-state index in [0.29, 0.717) is 5.84 Å². The van der Waals surface area contributed by atoms with Gasteiger partial charge in [-0.3, -0.25) is 19.2 Å². The van der Waals surface area contributed by atoms with Crippen molar-refractivity contribution < 1.29 is 14.2 Å². The number of amidine groups is 1. The van der Waals surface area contributed by atoms with E-state index in [2.05, 4.69) is 16.5 Å². The lowest BCUT2D eigenvalue weighted by Crippen LogP contribution is -2.62. The largest absolute Gasteiger partial charge is 0.392 e. The molecule has 3 amide bonds. The van der Waals surface area contributed by atoms with Gasteiger partial charge in [0.2, 0.25) is 11.9 Å². The van der Waals surface area contributed by atoms with Gasteiger partial charge >= 0.3 is 12.0 Å². The van der Waals surface area contributed by atoms with Crippen LogP contribution in [0.5, 0.6) is 0 Å². The molecule has 102 valence electrons. The summed E-state index contributed by atoms with van der Waals surface area (Å²) in [5.41, 5.74) is 0. The second-order valence-electron chi connectivity index (χ2n) is 5.09. The zero-order valence-electron chi connectivity index (χ0n) is 11.5. The molecule has 3 rings (SSSR count). The van der Waals surface area contributed by atoms with E-state index >= 15 is 0 Å². The van der Waals surface area contributed by atoms with Crippen LogP contribution in [0.4, 0.5) is 4.79 Å². The maximum Gasteiger partial charge on any atom is 0.392 e. The number of carbonyl (C=O) groups is 2. The van der Waals surface area contributed by atoms with E-state index in [1.165, 1.54) is 16.8 Å². The lowest BCUT2D eigenvalue weighted by Gasteiger charge is -2.32. The van der Waals surface area contributed by atoms with Crippen LogP contribution in [0.2, 0.25) is 0 Å². The topological polar surface area (TPSA) is 59.2 Å². The minimum atomic E-state index is -0.426. The average Bonchev–Trinajstić information content (AvgIpc) is 2.94. The number of rotatable bonds is 2. The fourth-order valence-corrected chi connectivity index (χ4v) is 2.88. The van der Waals surface area contributed by atoms with E-state index in [0.717, 1.165) is 32.0 Å². The van der Waals surface area contributed by atoms with E-state index < -0.39 is 6.04 Å². The first-order valence-corrected chi connectivity index (χ1v) is 6.58. The SMILES string of the molecule is CCC[N+]1=C2N=C3C(C(=O)N(C)C(=O)N3C)N2CC1. The third-order valence-corrected chi connectivity index (χ3v) is 3.90. The summed E-state index contributed by atoms with van der Waals surface area (Å²) in [7, 11) is 3.19. The monoisotopic (exact) mass is 264 g/mol. The van der Waals surface area contributed by atoms with Gasteiger partial charge in [-0.15, -0.1) is 0 Å². The molecular formula is C12H18N5O2+. The summed E-state index contributed by atoms with van der Waals surface area (Å²) in [6, 6.07) is -0.742. The van der Waals surface area contributed by atoms with Crippen LogP contribution in [0.1, 0.15) is 13.3 Å². The van der Waals surface area contributed by atoms with Gasteiger partial charge in [0.05, 0.1) is 19.6 Å². The molecule has 3 aliphatic heterocycles. The number of guanidine groups is 1. The van der Waals surface area contributed by atoms with E-state index in [-0.39, 0.29) is 11.9 Å². The summed E-state index contributed by atoms with van der Waals surface area (Å²) >= 11 is 0. The molecule has 3 aliphatic rings. The van der Waals surface area contributed by atoms with Crippen molar-refractivity contribution in [1.29, 1.82) is 0 Å². The molecule has 1 saturated heterocycles. The smallest absolute Gasteiger partial charge is 0.270 e. The zero-order chi connectivity index (χ0) is 13.7. The quantitative estimate of drug-likeness (QED) is 0.625. The number of aliphatic imine (C=N–C) groups is 1. The van der Waals surface area contributed by atoms with Gasteiger partial charge in [0.15, 0.2) is 0 Å². The van der Waals surface area contributed by atoms with E-state index in [9.17, 15) is 9.59 Å². The van der Waals surface area contributed by atoms with Crippen molar-refractivity contribution in [2.24, 2.45) is 4.99 Å². The number of urea groups is 1. The molecule has 1 fully saturated rings. The Morgan fingerprint density at radius 2 is 2.05 bits per heavy atom. The third-order valence-electron chi connectivity index (χ3n) is 3.90. The first-order chi connectivity index (χ1) is 9.06. The molecule has 7 heteroatoms. The lowest BCUT2D eigenvalue weighted by molar-refractivity contribution is -0.518. The molecule has 0 spiro atoms. The van der Waals surface area contributed by atoms with Crippen molar-refractivity contribution in [3.63, 3.8) is 0 Å². The number of fused-ring (bicyclic) bond motifs is 3. The molecule has 0 radical (unpaired) electrons. The van der Waals surface area contributed by atoms with Gasteiger partial charge in [-0.05, 0) is 6.42 Å². The van der Waals surface area contributed by atoms with Gasteiger partial charge in [-0.1, -0.05) is 11.9 Å². The van der Waals surface area contributed by atoms with Crippen molar-refractivity contribution in [2.75, 3.05) is 33.7 Å². The summed E-state index contributed by atoms with van der Waals surface area (Å²) in [6.07, 6.45) is 1.04. The Kier molecular flexibility index (Phi) is 2.58. The fraction of sp³-hybridized carbons (Fsp3) is 0.667. The number of carbonyl (C=O) groups excluding carboxylic acids is 2. The minimum Gasteiger partial charge on any atom is -0.270 e. The number of imide groups is 1. The van der Waals surface area contributed by atoms with Crippen molar-refractivity contribution in [2.45, 2.75) is 19.4 Å². The second-order valence-corrected chi connectivity index (χ2v) is 5.09. The van der Waals surface area contributed by atoms with Crippen molar-refractivity contribution in [3.8, 4) is 0 Å². The van der Waals surface area contributed by atoms with Gasteiger partial charge in [0.25, 0.3) is 5.91 Å². The molecule has 7 nitrogen and oxygen atoms in total. The van der Waals surface area contributed by atoms with Crippen LogP contribution in [-0.4, -0.2) is 82.8 Å². The molecule has 0 aliphatic carbocycles. The van der Waals surface area contributed by atoms with Crippen LogP contribution in [-0.2, 0) is 4.79 Å². The van der Waals surface area contributed by atoms with Crippen molar-refractivity contribution in [1.82, 2.24) is 14.7 Å². The molecule has 0 bridgehead atoms. The second kappa shape index (κ2) is 4.04. The normalized spacial score (nSPS) is 26.2. The van der Waals surface area contributed by atoms with E-state index in [1.807, 2.05) is 4.90 Å². The number of likely N-dealkylation sites (N-methyl/N-ethyl adjacent to an activating group) is 2. The lowest BCUT2D eigenvalue weighted by atomic mass is 10.1. The summed E-state index contributed by atoms with van der Waals surface area (Å²) in [5.74, 6) is 1.21. The van der Waals surface area contributed by atoms with Crippen LogP contribution in [0, 0.1) is 0 Å². The number of hydrogen-bond acceptors (Lipinski definition) is 4. The van der Waals surface area contributed by atoms with Crippen LogP contribution in [0.25, 0.3) is 0 Å². The van der Waals surface area contributed by atoms with Gasteiger partial charge < -0.3 is 0 Å². The number of hydrogen-bond donors (Lipinski definition) is 0. The van der Waals surface area contributed by atoms with Crippen LogP contribution in [0.15, 0.2) is 4.99 Å². The predicted octanol–water partition coefficient (Wildman–Crippen LogP) is -0.615. The summed E-state index contributed by atoms with van der Waals surface area (Å²) in [4.78, 5) is 33.4. The molecule has 3 heterocycles. The standard InChI is InChI=1S/C12H18N5O2/c1-4-5-16-6-7-17-8-9(13-11(16)17)14(2)12(19)15(3)10(8)18/h8H,4-7H2,1-3H3/q+1. The van der Waals surface area contributed by atoms with Crippen LogP contribution in [0.3, 0.4) is 0 Å². The van der Waals surface area contributed by atoms with Crippen molar-refractivity contribution in [3.05, 3.63) is 0 Å². The van der Waals surface area contributed by atoms with Crippen LogP contribution >= 0.6 is 0 Å². The van der Waals surface area contributed by atoms with Gasteiger partial charge in [-0.2, -0.15) is 0 Å². The molecule has 19 heavy (non-hydrogen) atoms. The van der Waals surface area contributed by atoms with Crippen LogP contribution < -0.4 is 0 Å². The Hall–Kier alpha value is -1.92. The summed E-state index contributed by atoms with van der Waals surface area (Å²) in [5, 5.41) is 0. The molecule has 1 unspecified atom stereocenters. The number of amides is 3. The maximum atomic E-state index is 12.3. The van der Waals surface area contributed by atoms with E-state index in [1.54, 1.807) is 7.05 Å². The molecule has 0 aromatic heterocycles. The maximum absolute atomic E-state index is 12.3. The summed E-state index contributed by atoms with van der Waals surface area (Å²) < 4.78 is 2.18. The molecule has 0 saturated carbocycles. The Balaban J connectivity index is 2.03.